The molecule has 1 aromatic heterocycles. The molecule has 1 fully saturated rings. The first kappa shape index (κ1) is 16.2. The third kappa shape index (κ3) is 2.63. The van der Waals surface area contributed by atoms with Gasteiger partial charge >= 0.3 is 5.76 Å². The Kier molecular flexibility index (Phi) is 3.60. The van der Waals surface area contributed by atoms with Crippen molar-refractivity contribution in [2.24, 2.45) is 0 Å². The summed E-state index contributed by atoms with van der Waals surface area (Å²) in [6.45, 7) is 4.68. The molecule has 0 aliphatic carbocycles. The molecule has 0 bridgehead atoms. The lowest BCUT2D eigenvalue weighted by Gasteiger charge is -2.22. The van der Waals surface area contributed by atoms with E-state index in [1.165, 1.54) is 12.8 Å². The van der Waals surface area contributed by atoms with Gasteiger partial charge in [0.05, 0.1) is 11.6 Å². The van der Waals surface area contributed by atoms with Crippen molar-refractivity contribution in [3.05, 3.63) is 63.6 Å². The van der Waals surface area contributed by atoms with Crippen molar-refractivity contribution in [3.63, 3.8) is 0 Å². The zero-order valence-electron chi connectivity index (χ0n) is 15.2. The lowest BCUT2D eigenvalue weighted by molar-refractivity contribution is 0.0723. The van der Waals surface area contributed by atoms with Gasteiger partial charge in [-0.2, -0.15) is 0 Å². The van der Waals surface area contributed by atoms with Gasteiger partial charge in [0.2, 0.25) is 0 Å². The molecule has 1 unspecified atom stereocenters. The smallest absolute Gasteiger partial charge is 0.408 e. The van der Waals surface area contributed by atoms with Crippen molar-refractivity contribution >= 4 is 22.7 Å². The molecule has 6 nitrogen and oxygen atoms in total. The van der Waals surface area contributed by atoms with Crippen LogP contribution < -0.4 is 10.7 Å². The lowest BCUT2D eigenvalue weighted by Crippen LogP contribution is -2.26. The van der Waals surface area contributed by atoms with E-state index in [2.05, 4.69) is 28.9 Å². The summed E-state index contributed by atoms with van der Waals surface area (Å²) < 4.78 is 5.14. The molecule has 0 saturated carbocycles. The Balaban J connectivity index is 1.44. The molecule has 2 aliphatic heterocycles. The minimum absolute atomic E-state index is 0.0223. The van der Waals surface area contributed by atoms with Crippen LogP contribution in [0.3, 0.4) is 0 Å². The van der Waals surface area contributed by atoms with Crippen LogP contribution in [0.1, 0.15) is 47.3 Å². The minimum atomic E-state index is -0.463. The summed E-state index contributed by atoms with van der Waals surface area (Å²) in [5.74, 6) is -0.399. The van der Waals surface area contributed by atoms with Crippen molar-refractivity contribution < 1.29 is 9.21 Å². The Labute approximate surface area is 156 Å². The Bertz CT molecular complexity index is 1090. The van der Waals surface area contributed by atoms with Gasteiger partial charge in [-0.15, -0.1) is 0 Å². The monoisotopic (exact) mass is 363 g/mol. The van der Waals surface area contributed by atoms with Crippen molar-refractivity contribution in [1.29, 1.82) is 0 Å². The van der Waals surface area contributed by atoms with Gasteiger partial charge in [-0.1, -0.05) is 12.1 Å². The zero-order chi connectivity index (χ0) is 18.5. The maximum absolute atomic E-state index is 13.1. The number of carbonyl (C=O) groups is 1. The largest absolute Gasteiger partial charge is 0.417 e. The van der Waals surface area contributed by atoms with Crippen molar-refractivity contribution in [3.8, 4) is 0 Å². The van der Waals surface area contributed by atoms with E-state index in [0.717, 1.165) is 35.5 Å². The Morgan fingerprint density at radius 3 is 2.74 bits per heavy atom. The van der Waals surface area contributed by atoms with Crippen LogP contribution >= 0.6 is 0 Å². The number of hydrogen-bond donors (Lipinski definition) is 1. The van der Waals surface area contributed by atoms with Crippen LogP contribution in [0.5, 0.6) is 0 Å². The summed E-state index contributed by atoms with van der Waals surface area (Å²) in [6.07, 6.45) is 2.43. The van der Waals surface area contributed by atoms with Crippen molar-refractivity contribution in [2.45, 2.75) is 32.4 Å². The fourth-order valence-electron chi connectivity index (χ4n) is 4.26. The second kappa shape index (κ2) is 6.01. The van der Waals surface area contributed by atoms with E-state index >= 15 is 0 Å². The van der Waals surface area contributed by atoms with Crippen LogP contribution in [0.2, 0.25) is 0 Å². The van der Waals surface area contributed by atoms with E-state index in [1.807, 2.05) is 29.2 Å². The second-order valence-corrected chi connectivity index (χ2v) is 7.42. The van der Waals surface area contributed by atoms with E-state index in [4.69, 9.17) is 4.42 Å². The molecule has 1 saturated heterocycles. The fourth-order valence-corrected chi connectivity index (χ4v) is 4.26. The Hall–Kier alpha value is -3.02. The molecule has 1 atom stereocenters. The predicted octanol–water partition coefficient (Wildman–Crippen LogP) is 3.44. The molecule has 1 N–H and O–H groups in total. The van der Waals surface area contributed by atoms with Gasteiger partial charge in [0.1, 0.15) is 0 Å². The number of anilines is 1. The lowest BCUT2D eigenvalue weighted by atomic mass is 10.0. The molecule has 2 aromatic carbocycles. The standard InChI is InChI=1S/C21H21N3O3/c1-13-16-6-5-15(23-8-2-3-9-23)11-17(16)20(25)24(13)12-14-4-7-18-19(10-14)27-21(26)22-18/h4-7,10-11,13H,2-3,8-9,12H2,1H3,(H,22,26). The SMILES string of the molecule is CC1c2ccc(N3CCCC3)cc2C(=O)N1Cc1ccc2[nH]c(=O)oc2c1. The van der Waals surface area contributed by atoms with Gasteiger partial charge in [0.15, 0.2) is 5.58 Å². The number of fused-ring (bicyclic) bond motifs is 2. The average molecular weight is 363 g/mol. The molecular formula is C21H21N3O3. The molecule has 3 heterocycles. The summed E-state index contributed by atoms with van der Waals surface area (Å²) in [6, 6.07) is 11.9. The molecule has 1 amide bonds. The number of nitrogens with zero attached hydrogens (tertiary/aromatic N) is 2. The highest BCUT2D eigenvalue weighted by atomic mass is 16.4. The number of amides is 1. The number of carbonyl (C=O) groups excluding carboxylic acids is 1. The molecule has 3 aromatic rings. The number of benzene rings is 2. The first-order valence-electron chi connectivity index (χ1n) is 9.42. The number of nitrogens with one attached hydrogen (secondary N) is 1. The highest BCUT2D eigenvalue weighted by Gasteiger charge is 2.34. The number of rotatable bonds is 3. The zero-order valence-corrected chi connectivity index (χ0v) is 15.2. The first-order valence-corrected chi connectivity index (χ1v) is 9.42. The Morgan fingerprint density at radius 2 is 1.93 bits per heavy atom. The van der Waals surface area contributed by atoms with E-state index in [0.29, 0.717) is 17.6 Å². The second-order valence-electron chi connectivity index (χ2n) is 7.42. The van der Waals surface area contributed by atoms with Gasteiger partial charge in [-0.25, -0.2) is 4.79 Å². The van der Waals surface area contributed by atoms with E-state index in [1.54, 1.807) is 0 Å². The molecular weight excluding hydrogens is 342 g/mol. The summed E-state index contributed by atoms with van der Waals surface area (Å²) in [5, 5.41) is 0. The van der Waals surface area contributed by atoms with Crippen LogP contribution in [0.25, 0.3) is 11.1 Å². The average Bonchev–Trinajstić information content (AvgIpc) is 3.37. The quantitative estimate of drug-likeness (QED) is 0.774. The van der Waals surface area contributed by atoms with Crippen LogP contribution in [0.15, 0.2) is 45.6 Å². The number of oxazole rings is 1. The molecule has 0 radical (unpaired) electrons. The molecule has 0 spiro atoms. The topological polar surface area (TPSA) is 69.6 Å². The first-order chi connectivity index (χ1) is 13.1. The van der Waals surface area contributed by atoms with Crippen molar-refractivity contribution in [1.82, 2.24) is 9.88 Å². The molecule has 27 heavy (non-hydrogen) atoms. The predicted molar refractivity (Wildman–Crippen MR) is 103 cm³/mol. The molecule has 5 rings (SSSR count). The normalized spacial score (nSPS) is 19.3. The number of aromatic amines is 1. The van der Waals surface area contributed by atoms with Gasteiger partial charge < -0.3 is 14.2 Å². The van der Waals surface area contributed by atoms with Crippen LogP contribution in [0, 0.1) is 0 Å². The van der Waals surface area contributed by atoms with Crippen LogP contribution in [0.4, 0.5) is 5.69 Å². The summed E-state index contributed by atoms with van der Waals surface area (Å²) in [7, 11) is 0. The van der Waals surface area contributed by atoms with Gasteiger partial charge in [0, 0.05) is 30.9 Å². The maximum Gasteiger partial charge on any atom is 0.417 e. The summed E-state index contributed by atoms with van der Waals surface area (Å²) in [5.41, 5.74) is 5.16. The van der Waals surface area contributed by atoms with E-state index in [9.17, 15) is 9.59 Å². The highest BCUT2D eigenvalue weighted by molar-refractivity contribution is 6.00. The number of hydrogen-bond acceptors (Lipinski definition) is 4. The molecule has 138 valence electrons. The third-order valence-electron chi connectivity index (χ3n) is 5.76. The fraction of sp³-hybridized carbons (Fsp3) is 0.333. The Morgan fingerprint density at radius 1 is 1.11 bits per heavy atom. The van der Waals surface area contributed by atoms with E-state index in [-0.39, 0.29) is 11.9 Å². The van der Waals surface area contributed by atoms with Gasteiger partial charge in [-0.3, -0.25) is 9.78 Å². The van der Waals surface area contributed by atoms with Crippen molar-refractivity contribution in [2.75, 3.05) is 18.0 Å². The molecule has 6 heteroatoms. The van der Waals surface area contributed by atoms with E-state index < -0.39 is 5.76 Å². The summed E-state index contributed by atoms with van der Waals surface area (Å²) >= 11 is 0. The number of aromatic nitrogens is 1. The third-order valence-corrected chi connectivity index (χ3v) is 5.76. The highest BCUT2D eigenvalue weighted by Crippen LogP contribution is 2.37. The maximum atomic E-state index is 13.1. The van der Waals surface area contributed by atoms with Crippen LogP contribution in [-0.2, 0) is 6.54 Å². The molecule has 2 aliphatic rings. The minimum Gasteiger partial charge on any atom is -0.408 e. The van der Waals surface area contributed by atoms with Gasteiger partial charge in [-0.05, 0) is 55.2 Å². The van der Waals surface area contributed by atoms with Crippen LogP contribution in [-0.4, -0.2) is 28.9 Å². The summed E-state index contributed by atoms with van der Waals surface area (Å²) in [4.78, 5) is 31.3. The van der Waals surface area contributed by atoms with Gasteiger partial charge in [0.25, 0.3) is 5.91 Å². The number of H-pyrrole nitrogens is 1.